The lowest BCUT2D eigenvalue weighted by Crippen LogP contribution is -2.50. The number of hydrogen-bond acceptors (Lipinski definition) is 4. The molecule has 1 N–H and O–H groups in total. The summed E-state index contributed by atoms with van der Waals surface area (Å²) >= 11 is 6.04. The zero-order valence-corrected chi connectivity index (χ0v) is 15.3. The number of pyridine rings is 1. The fourth-order valence-corrected chi connectivity index (χ4v) is 3.50. The number of H-pyrrole nitrogens is 1. The van der Waals surface area contributed by atoms with E-state index >= 15 is 0 Å². The van der Waals surface area contributed by atoms with Crippen molar-refractivity contribution in [3.8, 4) is 11.5 Å². The molecule has 0 unspecified atom stereocenters. The third-order valence-electron chi connectivity index (χ3n) is 4.70. The molecule has 0 saturated carbocycles. The first kappa shape index (κ1) is 18.7. The van der Waals surface area contributed by atoms with Crippen LogP contribution in [-0.4, -0.2) is 43.8 Å². The Morgan fingerprint density at radius 3 is 2.46 bits per heavy atom. The van der Waals surface area contributed by atoms with E-state index in [1.807, 2.05) is 4.90 Å². The number of alkyl halides is 3. The van der Waals surface area contributed by atoms with E-state index in [4.69, 9.17) is 21.1 Å². The van der Waals surface area contributed by atoms with Crippen LogP contribution in [0.25, 0.3) is 0 Å². The lowest BCUT2D eigenvalue weighted by Gasteiger charge is -2.31. The molecule has 1 saturated heterocycles. The molecule has 2 aliphatic heterocycles. The molecule has 0 bridgehead atoms. The first-order chi connectivity index (χ1) is 13.3. The smallest absolute Gasteiger partial charge is 0.419 e. The third kappa shape index (κ3) is 3.54. The van der Waals surface area contributed by atoms with Gasteiger partial charge in [-0.3, -0.25) is 9.69 Å². The first-order valence-electron chi connectivity index (χ1n) is 8.55. The maximum absolute atomic E-state index is 12.8. The molecule has 28 heavy (non-hydrogen) atoms. The molecule has 0 spiro atoms. The SMILES string of the molecule is O=C(c1ccc2c(c1)OCO2)N1CCN(c2[nH+]cc(C(F)(F)F)cc2Cl)CC1. The van der Waals surface area contributed by atoms with Gasteiger partial charge in [0, 0.05) is 5.56 Å². The summed E-state index contributed by atoms with van der Waals surface area (Å²) in [5.74, 6) is 1.41. The van der Waals surface area contributed by atoms with Gasteiger partial charge in [0.15, 0.2) is 11.5 Å². The first-order valence-corrected chi connectivity index (χ1v) is 8.93. The van der Waals surface area contributed by atoms with Crippen molar-refractivity contribution in [2.75, 3.05) is 37.9 Å². The second-order valence-corrected chi connectivity index (χ2v) is 6.84. The Morgan fingerprint density at radius 1 is 1.07 bits per heavy atom. The van der Waals surface area contributed by atoms with Crippen LogP contribution in [0.15, 0.2) is 30.5 Å². The van der Waals surface area contributed by atoms with Crippen molar-refractivity contribution in [2.24, 2.45) is 0 Å². The number of carbonyl (C=O) groups excluding carboxylic acids is 1. The van der Waals surface area contributed by atoms with Gasteiger partial charge in [-0.15, -0.1) is 0 Å². The molecule has 4 rings (SSSR count). The van der Waals surface area contributed by atoms with Gasteiger partial charge in [0.1, 0.15) is 24.3 Å². The summed E-state index contributed by atoms with van der Waals surface area (Å²) in [5, 5.41) is -0.00891. The number of carbonyl (C=O) groups is 1. The molecule has 2 aliphatic rings. The highest BCUT2D eigenvalue weighted by Crippen LogP contribution is 2.34. The molecule has 0 aliphatic carbocycles. The molecule has 10 heteroatoms. The zero-order chi connectivity index (χ0) is 19.9. The summed E-state index contributed by atoms with van der Waals surface area (Å²) in [6, 6.07) is 5.93. The van der Waals surface area contributed by atoms with Gasteiger partial charge in [-0.25, -0.2) is 4.98 Å². The standard InChI is InChI=1S/C18H15ClF3N3O3/c19-13-8-12(18(20,21)22)9-23-16(13)24-3-5-25(6-4-24)17(26)11-1-2-14-15(7-11)28-10-27-14/h1-2,7-9H,3-6,10H2/p+1. The largest absolute Gasteiger partial charge is 0.454 e. The van der Waals surface area contributed by atoms with E-state index in [0.717, 1.165) is 12.3 Å². The highest BCUT2D eigenvalue weighted by atomic mass is 35.5. The molecule has 1 aromatic heterocycles. The Labute approximate surface area is 163 Å². The average molecular weight is 415 g/mol. The number of benzene rings is 1. The summed E-state index contributed by atoms with van der Waals surface area (Å²) in [7, 11) is 0. The van der Waals surface area contributed by atoms with Gasteiger partial charge < -0.3 is 14.4 Å². The van der Waals surface area contributed by atoms with Crippen LogP contribution in [0.4, 0.5) is 19.0 Å². The molecule has 2 aromatic rings. The minimum atomic E-state index is -4.46. The van der Waals surface area contributed by atoms with Crippen LogP contribution in [0.5, 0.6) is 11.5 Å². The van der Waals surface area contributed by atoms with E-state index in [9.17, 15) is 18.0 Å². The Bertz CT molecular complexity index is 915. The Balaban J connectivity index is 1.43. The zero-order valence-electron chi connectivity index (χ0n) is 14.6. The summed E-state index contributed by atoms with van der Waals surface area (Å²) in [4.78, 5) is 18.9. The summed E-state index contributed by atoms with van der Waals surface area (Å²) < 4.78 is 48.9. The predicted octanol–water partition coefficient (Wildman–Crippen LogP) is 2.86. The summed E-state index contributed by atoms with van der Waals surface area (Å²) in [6.07, 6.45) is -3.57. The number of aromatic nitrogens is 1. The minimum Gasteiger partial charge on any atom is -0.454 e. The normalized spacial score (nSPS) is 16.4. The van der Waals surface area contributed by atoms with Gasteiger partial charge in [0.05, 0.1) is 18.7 Å². The third-order valence-corrected chi connectivity index (χ3v) is 4.99. The van der Waals surface area contributed by atoms with Crippen molar-refractivity contribution in [1.82, 2.24) is 4.90 Å². The van der Waals surface area contributed by atoms with Gasteiger partial charge in [-0.1, -0.05) is 11.6 Å². The number of rotatable bonds is 2. The number of nitrogens with zero attached hydrogens (tertiary/aromatic N) is 2. The van der Waals surface area contributed by atoms with Crippen molar-refractivity contribution >= 4 is 23.3 Å². The van der Waals surface area contributed by atoms with Crippen molar-refractivity contribution in [3.63, 3.8) is 0 Å². The van der Waals surface area contributed by atoms with Crippen LogP contribution in [-0.2, 0) is 6.18 Å². The van der Waals surface area contributed by atoms with Crippen LogP contribution in [0.3, 0.4) is 0 Å². The Hall–Kier alpha value is -2.68. The second-order valence-electron chi connectivity index (χ2n) is 6.43. The fraction of sp³-hybridized carbons (Fsp3) is 0.333. The molecule has 1 amide bonds. The van der Waals surface area contributed by atoms with E-state index in [1.54, 1.807) is 23.1 Å². The molecule has 148 valence electrons. The number of halogens is 4. The number of ether oxygens (including phenoxy) is 2. The van der Waals surface area contributed by atoms with Crippen molar-refractivity contribution in [2.45, 2.75) is 6.18 Å². The number of anilines is 1. The van der Waals surface area contributed by atoms with Gasteiger partial charge >= 0.3 is 6.18 Å². The average Bonchev–Trinajstić information content (AvgIpc) is 3.14. The van der Waals surface area contributed by atoms with Crippen LogP contribution in [0.1, 0.15) is 15.9 Å². The summed E-state index contributed by atoms with van der Waals surface area (Å²) in [6.45, 7) is 1.85. The molecule has 0 radical (unpaired) electrons. The van der Waals surface area contributed by atoms with Crippen LogP contribution in [0.2, 0.25) is 5.02 Å². The van der Waals surface area contributed by atoms with Crippen LogP contribution >= 0.6 is 11.6 Å². The van der Waals surface area contributed by atoms with E-state index in [2.05, 4.69) is 4.98 Å². The number of hydrogen-bond donors (Lipinski definition) is 0. The van der Waals surface area contributed by atoms with E-state index in [-0.39, 0.29) is 17.7 Å². The maximum Gasteiger partial charge on any atom is 0.419 e. The predicted molar refractivity (Wildman–Crippen MR) is 93.7 cm³/mol. The van der Waals surface area contributed by atoms with Crippen LogP contribution in [0, 0.1) is 0 Å². The molecule has 0 atom stereocenters. The monoisotopic (exact) mass is 414 g/mol. The Morgan fingerprint density at radius 2 is 1.79 bits per heavy atom. The molecular weight excluding hydrogens is 399 g/mol. The molecule has 6 nitrogen and oxygen atoms in total. The topological polar surface area (TPSA) is 56.2 Å². The Kier molecular flexibility index (Phi) is 4.70. The summed E-state index contributed by atoms with van der Waals surface area (Å²) in [5.41, 5.74) is -0.338. The van der Waals surface area contributed by atoms with E-state index < -0.39 is 11.7 Å². The highest BCUT2D eigenvalue weighted by molar-refractivity contribution is 6.32. The minimum absolute atomic E-state index is 0.00891. The lowest BCUT2D eigenvalue weighted by molar-refractivity contribution is -0.367. The lowest BCUT2D eigenvalue weighted by atomic mass is 10.1. The van der Waals surface area contributed by atoms with Crippen molar-refractivity contribution < 1.29 is 32.4 Å². The van der Waals surface area contributed by atoms with E-state index in [0.29, 0.717) is 49.1 Å². The van der Waals surface area contributed by atoms with Crippen LogP contribution < -0.4 is 19.4 Å². The number of amides is 1. The fourth-order valence-electron chi connectivity index (χ4n) is 3.21. The van der Waals surface area contributed by atoms with Gasteiger partial charge in [-0.05, 0) is 24.3 Å². The molecule has 1 fully saturated rings. The highest BCUT2D eigenvalue weighted by Gasteiger charge is 2.35. The van der Waals surface area contributed by atoms with E-state index in [1.165, 1.54) is 0 Å². The van der Waals surface area contributed by atoms with Crippen molar-refractivity contribution in [3.05, 3.63) is 46.6 Å². The number of fused-ring (bicyclic) bond motifs is 1. The molecular formula is C18H16ClF3N3O3+. The van der Waals surface area contributed by atoms with Crippen molar-refractivity contribution in [1.29, 1.82) is 0 Å². The number of piperazine rings is 1. The molecule has 3 heterocycles. The quantitative estimate of drug-likeness (QED) is 0.758. The van der Waals surface area contributed by atoms with Gasteiger partial charge in [0.25, 0.3) is 11.7 Å². The maximum atomic E-state index is 12.8. The second kappa shape index (κ2) is 7.05. The number of aromatic amines is 1. The van der Waals surface area contributed by atoms with Gasteiger partial charge in [0.2, 0.25) is 6.79 Å². The van der Waals surface area contributed by atoms with Gasteiger partial charge in [-0.2, -0.15) is 13.2 Å². The number of nitrogens with one attached hydrogen (secondary N) is 1. The molecule has 1 aromatic carbocycles.